The van der Waals surface area contributed by atoms with Crippen LogP contribution in [0.1, 0.15) is 28.2 Å². The maximum Gasteiger partial charge on any atom is 0.326 e. The summed E-state index contributed by atoms with van der Waals surface area (Å²) in [7, 11) is 0. The largest absolute Gasteiger partial charge is 0.486 e. The summed E-state index contributed by atoms with van der Waals surface area (Å²) in [6.07, 6.45) is -1.51. The van der Waals surface area contributed by atoms with Crippen LogP contribution >= 0.6 is 0 Å². The molecule has 0 radical (unpaired) electrons. The summed E-state index contributed by atoms with van der Waals surface area (Å²) >= 11 is 0. The molecule has 7 nitrogen and oxygen atoms in total. The first-order valence-electron chi connectivity index (χ1n) is 9.13. The number of rotatable bonds is 3. The molecule has 1 amide bonds. The fourth-order valence-corrected chi connectivity index (χ4v) is 3.95. The quantitative estimate of drug-likeness (QED) is 0.874. The number of carboxylic acids is 1. The van der Waals surface area contributed by atoms with Crippen molar-refractivity contribution < 1.29 is 28.6 Å². The summed E-state index contributed by atoms with van der Waals surface area (Å²) in [4.78, 5) is 25.5. The molecule has 0 saturated carbocycles. The second kappa shape index (κ2) is 6.85. The van der Waals surface area contributed by atoms with Crippen molar-refractivity contribution in [1.29, 1.82) is 0 Å². The summed E-state index contributed by atoms with van der Waals surface area (Å²) in [5, 5.41) is 9.33. The molecule has 3 heterocycles. The zero-order chi connectivity index (χ0) is 20.0. The Morgan fingerprint density at radius 1 is 1.14 bits per heavy atom. The Morgan fingerprint density at radius 2 is 1.86 bits per heavy atom. The predicted octanol–water partition coefficient (Wildman–Crippen LogP) is 2.50. The number of likely N-dealkylation sites (tertiary alicyclic amines) is 1. The van der Waals surface area contributed by atoms with Crippen LogP contribution in [0.5, 0.6) is 11.5 Å². The number of fused-ring (bicyclic) bond motifs is 1. The smallest absolute Gasteiger partial charge is 0.326 e. The Balaban J connectivity index is 1.70. The lowest BCUT2D eigenvalue weighted by atomic mass is 10.1. The van der Waals surface area contributed by atoms with Crippen molar-refractivity contribution >= 4 is 11.9 Å². The number of alkyl halides is 1. The zero-order valence-electron chi connectivity index (χ0n) is 15.6. The standard InChI is InChI=1S/C20H21FN2O5/c1-11-7-15(19(24)22-10-13(21)8-16(22)20(25)26)12(2)23(11)14-3-4-17-18(9-14)28-6-5-27-17/h3-4,7,9,13,16H,5-6,8,10H2,1-2H3,(H,25,26)/t13-,16-/m0/s1. The molecule has 0 unspecified atom stereocenters. The number of nitrogens with zero attached hydrogens (tertiary/aromatic N) is 2. The van der Waals surface area contributed by atoms with Crippen LogP contribution in [0.3, 0.4) is 0 Å². The average Bonchev–Trinajstić information content (AvgIpc) is 3.20. The number of aromatic nitrogens is 1. The van der Waals surface area contributed by atoms with Crippen molar-refractivity contribution in [1.82, 2.24) is 9.47 Å². The van der Waals surface area contributed by atoms with Crippen LogP contribution in [0.4, 0.5) is 4.39 Å². The molecular weight excluding hydrogens is 367 g/mol. The van der Waals surface area contributed by atoms with Gasteiger partial charge in [-0.15, -0.1) is 0 Å². The van der Waals surface area contributed by atoms with Gasteiger partial charge in [-0.25, -0.2) is 9.18 Å². The van der Waals surface area contributed by atoms with Gasteiger partial charge >= 0.3 is 5.97 Å². The first-order valence-corrected chi connectivity index (χ1v) is 9.13. The van der Waals surface area contributed by atoms with Gasteiger partial charge in [0.1, 0.15) is 25.4 Å². The molecule has 8 heteroatoms. The Hall–Kier alpha value is -3.03. The van der Waals surface area contributed by atoms with Gasteiger partial charge in [0.05, 0.1) is 12.1 Å². The Bertz CT molecular complexity index is 954. The van der Waals surface area contributed by atoms with E-state index in [4.69, 9.17) is 9.47 Å². The topological polar surface area (TPSA) is 81.0 Å². The average molecular weight is 388 g/mol. The minimum Gasteiger partial charge on any atom is -0.486 e. The van der Waals surface area contributed by atoms with E-state index in [0.29, 0.717) is 36.0 Å². The van der Waals surface area contributed by atoms with E-state index < -0.39 is 24.1 Å². The Labute approximate surface area is 161 Å². The fraction of sp³-hybridized carbons (Fsp3) is 0.400. The zero-order valence-corrected chi connectivity index (χ0v) is 15.6. The Kier molecular flexibility index (Phi) is 4.49. The second-order valence-electron chi connectivity index (χ2n) is 7.09. The van der Waals surface area contributed by atoms with E-state index in [2.05, 4.69) is 0 Å². The number of hydrogen-bond acceptors (Lipinski definition) is 4. The van der Waals surface area contributed by atoms with Crippen LogP contribution in [-0.2, 0) is 4.79 Å². The third-order valence-electron chi connectivity index (χ3n) is 5.24. The van der Waals surface area contributed by atoms with Crippen molar-refractivity contribution in [3.63, 3.8) is 0 Å². The third-order valence-corrected chi connectivity index (χ3v) is 5.24. The molecule has 28 heavy (non-hydrogen) atoms. The van der Waals surface area contributed by atoms with Crippen LogP contribution in [0.25, 0.3) is 5.69 Å². The van der Waals surface area contributed by atoms with E-state index >= 15 is 0 Å². The van der Waals surface area contributed by atoms with Crippen molar-refractivity contribution in [2.45, 2.75) is 32.5 Å². The molecule has 2 aromatic rings. The number of carbonyl (C=O) groups excluding carboxylic acids is 1. The maximum absolute atomic E-state index is 13.8. The van der Waals surface area contributed by atoms with Gasteiger partial charge in [0, 0.05) is 29.6 Å². The highest BCUT2D eigenvalue weighted by Gasteiger charge is 2.41. The normalized spacial score (nSPS) is 21.0. The van der Waals surface area contributed by atoms with Crippen LogP contribution in [0.15, 0.2) is 24.3 Å². The van der Waals surface area contributed by atoms with E-state index in [1.807, 2.05) is 29.7 Å². The molecule has 4 rings (SSSR count). The SMILES string of the molecule is Cc1cc(C(=O)N2C[C@@H](F)C[C@H]2C(=O)O)c(C)n1-c1ccc2c(c1)OCCO2. The number of carboxylic acid groups (broad SMARTS) is 1. The van der Waals surface area contributed by atoms with Crippen molar-refractivity contribution in [2.75, 3.05) is 19.8 Å². The van der Waals surface area contributed by atoms with Crippen LogP contribution in [0.2, 0.25) is 0 Å². The molecule has 1 aromatic heterocycles. The molecule has 0 spiro atoms. The summed E-state index contributed by atoms with van der Waals surface area (Å²) in [5.41, 5.74) is 2.64. The first-order chi connectivity index (χ1) is 13.4. The highest BCUT2D eigenvalue weighted by molar-refractivity contribution is 5.98. The lowest BCUT2D eigenvalue weighted by molar-refractivity contribution is -0.141. The molecular formula is C20H21FN2O5. The number of aryl methyl sites for hydroxylation is 1. The molecule has 2 atom stereocenters. The van der Waals surface area contributed by atoms with Gasteiger partial charge < -0.3 is 24.0 Å². The van der Waals surface area contributed by atoms with E-state index in [-0.39, 0.29) is 13.0 Å². The lowest BCUT2D eigenvalue weighted by Crippen LogP contribution is -2.40. The van der Waals surface area contributed by atoms with Gasteiger partial charge in [0.2, 0.25) is 0 Å². The fourth-order valence-electron chi connectivity index (χ4n) is 3.95. The molecule has 2 aliphatic heterocycles. The van der Waals surface area contributed by atoms with Crippen molar-refractivity contribution in [2.24, 2.45) is 0 Å². The molecule has 148 valence electrons. The van der Waals surface area contributed by atoms with Crippen LogP contribution in [0, 0.1) is 13.8 Å². The number of aliphatic carboxylic acids is 1. The van der Waals surface area contributed by atoms with Gasteiger partial charge in [0.25, 0.3) is 5.91 Å². The van der Waals surface area contributed by atoms with Crippen LogP contribution in [-0.4, -0.2) is 58.4 Å². The molecule has 1 aromatic carbocycles. The third kappa shape index (κ3) is 2.98. The first kappa shape index (κ1) is 18.3. The Morgan fingerprint density at radius 3 is 2.57 bits per heavy atom. The predicted molar refractivity (Wildman–Crippen MR) is 98.2 cm³/mol. The molecule has 1 N–H and O–H groups in total. The van der Waals surface area contributed by atoms with E-state index in [1.54, 1.807) is 13.0 Å². The minimum atomic E-state index is -1.33. The number of ether oxygens (including phenoxy) is 2. The number of amides is 1. The van der Waals surface area contributed by atoms with Gasteiger partial charge in [-0.2, -0.15) is 0 Å². The number of halogens is 1. The second-order valence-corrected chi connectivity index (χ2v) is 7.09. The highest BCUT2D eigenvalue weighted by atomic mass is 19.1. The number of hydrogen-bond donors (Lipinski definition) is 1. The van der Waals surface area contributed by atoms with Crippen LogP contribution < -0.4 is 9.47 Å². The summed E-state index contributed by atoms with van der Waals surface area (Å²) in [6.45, 7) is 4.42. The molecule has 0 bridgehead atoms. The summed E-state index contributed by atoms with van der Waals surface area (Å²) < 4.78 is 26.9. The number of benzene rings is 1. The van der Waals surface area contributed by atoms with Crippen molar-refractivity contribution in [3.05, 3.63) is 41.2 Å². The van der Waals surface area contributed by atoms with E-state index in [1.165, 1.54) is 0 Å². The van der Waals surface area contributed by atoms with Gasteiger partial charge in [-0.1, -0.05) is 0 Å². The molecule has 1 saturated heterocycles. The highest BCUT2D eigenvalue weighted by Crippen LogP contribution is 2.34. The summed E-state index contributed by atoms with van der Waals surface area (Å²) in [6, 6.07) is 6.10. The molecule has 0 aliphatic carbocycles. The maximum atomic E-state index is 13.8. The minimum absolute atomic E-state index is 0.179. The van der Waals surface area contributed by atoms with Gasteiger partial charge in [-0.05, 0) is 32.0 Å². The van der Waals surface area contributed by atoms with Gasteiger partial charge in [-0.3, -0.25) is 4.79 Å². The lowest BCUT2D eigenvalue weighted by Gasteiger charge is -2.21. The molecule has 1 fully saturated rings. The van der Waals surface area contributed by atoms with E-state index in [9.17, 15) is 19.1 Å². The molecule has 2 aliphatic rings. The monoisotopic (exact) mass is 388 g/mol. The van der Waals surface area contributed by atoms with Gasteiger partial charge in [0.15, 0.2) is 11.5 Å². The number of carbonyl (C=O) groups is 2. The van der Waals surface area contributed by atoms with Crippen molar-refractivity contribution in [3.8, 4) is 17.2 Å². The van der Waals surface area contributed by atoms with E-state index in [0.717, 1.165) is 16.3 Å². The summed E-state index contributed by atoms with van der Waals surface area (Å²) in [5.74, 6) is -0.349.